The maximum Gasteiger partial charge on any atom is 0.341 e. The molecule has 0 radical (unpaired) electrons. The second-order valence-electron chi connectivity index (χ2n) is 5.04. The number of primary amides is 1. The number of carbonyl (C=O) groups excluding carboxylic acids is 3. The summed E-state index contributed by atoms with van der Waals surface area (Å²) in [5.41, 5.74) is 6.18. The molecule has 3 rings (SSSR count). The lowest BCUT2D eigenvalue weighted by molar-refractivity contribution is -0.121. The first-order valence-electron chi connectivity index (χ1n) is 7.01. The number of furan rings is 1. The third-order valence-corrected chi connectivity index (χ3v) is 4.65. The molecule has 0 aromatic carbocycles. The number of amides is 2. The first kappa shape index (κ1) is 15.3. The number of nitrogens with two attached hydrogens (primary N) is 1. The number of esters is 1. The van der Waals surface area contributed by atoms with Crippen LogP contribution in [0.15, 0.2) is 22.8 Å². The highest BCUT2D eigenvalue weighted by molar-refractivity contribution is 7.17. The maximum absolute atomic E-state index is 12.3. The molecule has 0 unspecified atom stereocenters. The number of nitrogens with one attached hydrogen (secondary N) is 1. The summed E-state index contributed by atoms with van der Waals surface area (Å²) in [6.45, 7) is -0.491. The highest BCUT2D eigenvalue weighted by Gasteiger charge is 2.29. The number of fused-ring (bicyclic) bond motifs is 1. The lowest BCUT2D eigenvalue weighted by atomic mass is 10.1. The summed E-state index contributed by atoms with van der Waals surface area (Å²) in [4.78, 5) is 36.2. The topological polar surface area (TPSA) is 112 Å². The van der Waals surface area contributed by atoms with Crippen molar-refractivity contribution in [1.29, 1.82) is 0 Å². The molecule has 7 nitrogen and oxygen atoms in total. The van der Waals surface area contributed by atoms with Gasteiger partial charge in [-0.1, -0.05) is 0 Å². The van der Waals surface area contributed by atoms with Crippen LogP contribution in [0.2, 0.25) is 0 Å². The molecule has 3 N–H and O–H groups in total. The van der Waals surface area contributed by atoms with Crippen LogP contribution in [0.1, 0.15) is 37.8 Å². The van der Waals surface area contributed by atoms with Crippen molar-refractivity contribution < 1.29 is 23.5 Å². The molecule has 0 aliphatic heterocycles. The molecule has 120 valence electrons. The smallest absolute Gasteiger partial charge is 0.341 e. The van der Waals surface area contributed by atoms with Gasteiger partial charge in [0, 0.05) is 4.88 Å². The Balaban J connectivity index is 1.86. The lowest BCUT2D eigenvalue weighted by Crippen LogP contribution is -2.22. The van der Waals surface area contributed by atoms with Crippen molar-refractivity contribution in [2.45, 2.75) is 19.3 Å². The Bertz CT molecular complexity index is 763. The highest BCUT2D eigenvalue weighted by Crippen LogP contribution is 2.39. The van der Waals surface area contributed by atoms with E-state index in [4.69, 9.17) is 14.9 Å². The zero-order valence-corrected chi connectivity index (χ0v) is 12.9. The molecule has 2 heterocycles. The van der Waals surface area contributed by atoms with Gasteiger partial charge in [0.25, 0.3) is 11.8 Å². The Kier molecular flexibility index (Phi) is 4.16. The third kappa shape index (κ3) is 3.11. The summed E-state index contributed by atoms with van der Waals surface area (Å²) in [5, 5.41) is 3.09. The molecule has 0 fully saturated rings. The van der Waals surface area contributed by atoms with Crippen molar-refractivity contribution in [3.63, 3.8) is 0 Å². The van der Waals surface area contributed by atoms with Crippen LogP contribution in [0.3, 0.4) is 0 Å². The summed E-state index contributed by atoms with van der Waals surface area (Å²) in [6.07, 6.45) is 3.94. The minimum absolute atomic E-state index is 0.148. The monoisotopic (exact) mass is 334 g/mol. The van der Waals surface area contributed by atoms with Crippen LogP contribution in [-0.2, 0) is 22.4 Å². The Morgan fingerprint density at radius 1 is 1.35 bits per heavy atom. The summed E-state index contributed by atoms with van der Waals surface area (Å²) in [7, 11) is 0. The van der Waals surface area contributed by atoms with Gasteiger partial charge in [0.2, 0.25) is 0 Å². The lowest BCUT2D eigenvalue weighted by Gasteiger charge is -2.07. The number of hydrogen-bond donors (Lipinski definition) is 2. The Labute approximate surface area is 135 Å². The quantitative estimate of drug-likeness (QED) is 0.809. The molecule has 2 aromatic rings. The fourth-order valence-corrected chi connectivity index (χ4v) is 3.76. The molecule has 0 atom stereocenters. The third-order valence-electron chi connectivity index (χ3n) is 3.44. The van der Waals surface area contributed by atoms with E-state index < -0.39 is 24.4 Å². The van der Waals surface area contributed by atoms with E-state index in [-0.39, 0.29) is 5.76 Å². The van der Waals surface area contributed by atoms with Crippen molar-refractivity contribution in [1.82, 2.24) is 0 Å². The predicted octanol–water partition coefficient (Wildman–Crippen LogP) is 1.72. The molecule has 1 aliphatic rings. The maximum atomic E-state index is 12.3. The Morgan fingerprint density at radius 3 is 2.87 bits per heavy atom. The number of anilines is 1. The van der Waals surface area contributed by atoms with Crippen LogP contribution >= 0.6 is 11.3 Å². The number of rotatable bonds is 5. The second kappa shape index (κ2) is 6.25. The molecule has 0 saturated carbocycles. The van der Waals surface area contributed by atoms with E-state index in [1.165, 1.54) is 23.7 Å². The molecular formula is C15H14N2O5S. The largest absolute Gasteiger partial charge is 0.459 e. The second-order valence-corrected chi connectivity index (χ2v) is 6.14. The number of ether oxygens (including phenoxy) is 1. The van der Waals surface area contributed by atoms with Crippen LogP contribution in [-0.4, -0.2) is 24.4 Å². The first-order valence-corrected chi connectivity index (χ1v) is 7.82. The van der Waals surface area contributed by atoms with Gasteiger partial charge in [-0.2, -0.15) is 0 Å². The number of carbonyl (C=O) groups is 3. The van der Waals surface area contributed by atoms with Gasteiger partial charge in [0.15, 0.2) is 12.4 Å². The van der Waals surface area contributed by atoms with Gasteiger partial charge in [0.1, 0.15) is 5.00 Å². The van der Waals surface area contributed by atoms with Gasteiger partial charge in [-0.05, 0) is 37.0 Å². The molecular weight excluding hydrogens is 320 g/mol. The summed E-state index contributed by atoms with van der Waals surface area (Å²) >= 11 is 1.35. The molecule has 0 saturated heterocycles. The predicted molar refractivity (Wildman–Crippen MR) is 82.5 cm³/mol. The average molecular weight is 334 g/mol. The van der Waals surface area contributed by atoms with E-state index in [2.05, 4.69) is 5.32 Å². The molecule has 2 aromatic heterocycles. The van der Waals surface area contributed by atoms with E-state index in [1.54, 1.807) is 6.07 Å². The first-order chi connectivity index (χ1) is 11.1. The van der Waals surface area contributed by atoms with E-state index in [0.717, 1.165) is 29.7 Å². The fourth-order valence-electron chi connectivity index (χ4n) is 2.49. The molecule has 0 bridgehead atoms. The number of thiophene rings is 1. The number of hydrogen-bond acceptors (Lipinski definition) is 6. The molecule has 1 aliphatic carbocycles. The van der Waals surface area contributed by atoms with E-state index >= 15 is 0 Å². The van der Waals surface area contributed by atoms with Gasteiger partial charge in [-0.3, -0.25) is 9.59 Å². The van der Waals surface area contributed by atoms with Gasteiger partial charge in [0.05, 0.1) is 11.8 Å². The Morgan fingerprint density at radius 2 is 2.17 bits per heavy atom. The van der Waals surface area contributed by atoms with Crippen molar-refractivity contribution in [2.24, 2.45) is 5.73 Å². The molecule has 0 spiro atoms. The van der Waals surface area contributed by atoms with Crippen LogP contribution in [0.4, 0.5) is 5.00 Å². The minimum Gasteiger partial charge on any atom is -0.459 e. The van der Waals surface area contributed by atoms with E-state index in [9.17, 15) is 14.4 Å². The van der Waals surface area contributed by atoms with Gasteiger partial charge >= 0.3 is 5.97 Å². The van der Waals surface area contributed by atoms with Crippen LogP contribution < -0.4 is 11.1 Å². The fraction of sp³-hybridized carbons (Fsp3) is 0.267. The van der Waals surface area contributed by atoms with Crippen LogP contribution in [0, 0.1) is 0 Å². The van der Waals surface area contributed by atoms with Crippen LogP contribution in [0.25, 0.3) is 0 Å². The average Bonchev–Trinajstić information content (AvgIpc) is 3.20. The van der Waals surface area contributed by atoms with Gasteiger partial charge in [-0.25, -0.2) is 4.79 Å². The summed E-state index contributed by atoms with van der Waals surface area (Å²) in [5.74, 6) is -1.68. The van der Waals surface area contributed by atoms with E-state index in [0.29, 0.717) is 10.6 Å². The standard InChI is InChI=1S/C15H14N2O5S/c16-11(18)7-22-15(20)12-8-3-1-5-10(8)23-14(12)17-13(19)9-4-2-6-21-9/h2,4,6H,1,3,5,7H2,(H2,16,18)(H,17,19). The van der Waals surface area contributed by atoms with Gasteiger partial charge < -0.3 is 20.2 Å². The summed E-state index contributed by atoms with van der Waals surface area (Å²) < 4.78 is 9.94. The molecule has 2 amide bonds. The van der Waals surface area contributed by atoms with Crippen molar-refractivity contribution in [3.05, 3.63) is 40.2 Å². The molecule has 8 heteroatoms. The highest BCUT2D eigenvalue weighted by atomic mass is 32.1. The Hall–Kier alpha value is -2.61. The zero-order chi connectivity index (χ0) is 16.4. The van der Waals surface area contributed by atoms with Gasteiger partial charge in [-0.15, -0.1) is 11.3 Å². The normalized spacial score (nSPS) is 12.7. The minimum atomic E-state index is -0.730. The SMILES string of the molecule is NC(=O)COC(=O)c1c(NC(=O)c2ccco2)sc2c1CCC2. The molecule has 23 heavy (non-hydrogen) atoms. The zero-order valence-electron chi connectivity index (χ0n) is 12.1. The van der Waals surface area contributed by atoms with E-state index in [1.807, 2.05) is 0 Å². The van der Waals surface area contributed by atoms with Crippen LogP contribution in [0.5, 0.6) is 0 Å². The number of aryl methyl sites for hydroxylation is 1. The van der Waals surface area contributed by atoms with Crippen molar-refractivity contribution in [2.75, 3.05) is 11.9 Å². The summed E-state index contributed by atoms with van der Waals surface area (Å²) in [6, 6.07) is 3.13. The van der Waals surface area contributed by atoms with Crippen molar-refractivity contribution in [3.8, 4) is 0 Å². The van der Waals surface area contributed by atoms with Crippen molar-refractivity contribution >= 4 is 34.1 Å².